The highest BCUT2D eigenvalue weighted by atomic mass is 35.5. The van der Waals surface area contributed by atoms with Crippen molar-refractivity contribution in [3.63, 3.8) is 0 Å². The van der Waals surface area contributed by atoms with E-state index in [1.165, 1.54) is 0 Å². The van der Waals surface area contributed by atoms with E-state index in [0.29, 0.717) is 36.5 Å². The Hall–Kier alpha value is -1.86. The number of benzene rings is 1. The van der Waals surface area contributed by atoms with Crippen molar-refractivity contribution in [1.29, 1.82) is 0 Å². The van der Waals surface area contributed by atoms with Gasteiger partial charge in [-0.05, 0) is 25.0 Å². The normalized spacial score (nSPS) is 17.8. The van der Waals surface area contributed by atoms with Gasteiger partial charge in [-0.15, -0.1) is 0 Å². The van der Waals surface area contributed by atoms with E-state index in [-0.39, 0.29) is 5.95 Å². The number of aromatic nitrogens is 2. The lowest BCUT2D eigenvalue weighted by atomic mass is 9.84. The minimum atomic E-state index is -4.51. The number of hydrogen-bond donors (Lipinski definition) is 1. The Balaban J connectivity index is 1.77. The second kappa shape index (κ2) is 6.22. The van der Waals surface area contributed by atoms with Gasteiger partial charge in [-0.1, -0.05) is 29.8 Å². The molecule has 128 valence electrons. The maximum absolute atomic E-state index is 12.8. The van der Waals surface area contributed by atoms with Crippen molar-refractivity contribution in [2.45, 2.75) is 24.6 Å². The second-order valence-electron chi connectivity index (χ2n) is 5.74. The molecule has 0 bridgehead atoms. The molecule has 2 heterocycles. The number of alkyl halides is 3. The van der Waals surface area contributed by atoms with Crippen molar-refractivity contribution in [1.82, 2.24) is 9.97 Å². The molecule has 1 fully saturated rings. The molecule has 0 saturated carbocycles. The molecule has 0 unspecified atom stereocenters. The zero-order chi connectivity index (χ0) is 17.4. The van der Waals surface area contributed by atoms with Crippen LogP contribution in [0.4, 0.5) is 19.1 Å². The van der Waals surface area contributed by atoms with Gasteiger partial charge in [-0.2, -0.15) is 13.2 Å². The summed E-state index contributed by atoms with van der Waals surface area (Å²) < 4.78 is 38.3. The van der Waals surface area contributed by atoms with Crippen LogP contribution < -0.4 is 4.90 Å². The highest BCUT2D eigenvalue weighted by Gasteiger charge is 2.37. The van der Waals surface area contributed by atoms with Crippen molar-refractivity contribution in [3.05, 3.63) is 52.8 Å². The zero-order valence-electron chi connectivity index (χ0n) is 12.6. The van der Waals surface area contributed by atoms with Crippen molar-refractivity contribution in [2.75, 3.05) is 18.0 Å². The summed E-state index contributed by atoms with van der Waals surface area (Å²) in [5.74, 6) is 0.0195. The third-order valence-corrected chi connectivity index (χ3v) is 4.51. The second-order valence-corrected chi connectivity index (χ2v) is 6.15. The van der Waals surface area contributed by atoms with Crippen LogP contribution in [0.15, 0.2) is 36.5 Å². The number of halogens is 4. The van der Waals surface area contributed by atoms with E-state index < -0.39 is 17.5 Å². The molecule has 1 saturated heterocycles. The lowest BCUT2D eigenvalue weighted by molar-refractivity contribution is -0.141. The summed E-state index contributed by atoms with van der Waals surface area (Å²) in [5, 5.41) is 11.3. The maximum atomic E-state index is 12.8. The number of piperidine rings is 1. The van der Waals surface area contributed by atoms with Crippen molar-refractivity contribution >= 4 is 17.5 Å². The van der Waals surface area contributed by atoms with Crippen LogP contribution >= 0.6 is 11.6 Å². The first-order valence-corrected chi connectivity index (χ1v) is 7.80. The number of aliphatic hydroxyl groups is 1. The lowest BCUT2D eigenvalue weighted by Crippen LogP contribution is -2.43. The van der Waals surface area contributed by atoms with Crippen LogP contribution in [0.2, 0.25) is 5.02 Å². The SMILES string of the molecule is OC1(c2ccccc2Cl)CCN(c2nccc(C(F)(F)F)n2)CC1. The molecule has 24 heavy (non-hydrogen) atoms. The first-order valence-electron chi connectivity index (χ1n) is 7.42. The summed E-state index contributed by atoms with van der Waals surface area (Å²) in [7, 11) is 0. The average Bonchev–Trinajstić information content (AvgIpc) is 2.55. The Morgan fingerprint density at radius 2 is 1.79 bits per heavy atom. The standard InChI is InChI=1S/C16H15ClF3N3O/c17-12-4-2-1-3-11(12)15(24)6-9-23(10-7-15)14-21-8-5-13(22-14)16(18,19)20/h1-5,8,24H,6-7,9-10H2. The van der Waals surface area contributed by atoms with Crippen LogP contribution in [-0.2, 0) is 11.8 Å². The fourth-order valence-electron chi connectivity index (χ4n) is 2.84. The molecular formula is C16H15ClF3N3O. The van der Waals surface area contributed by atoms with Gasteiger partial charge in [0, 0.05) is 29.9 Å². The fraction of sp³-hybridized carbons (Fsp3) is 0.375. The third kappa shape index (κ3) is 3.32. The molecule has 0 atom stereocenters. The summed E-state index contributed by atoms with van der Waals surface area (Å²) >= 11 is 6.15. The molecule has 0 aliphatic carbocycles. The molecule has 0 radical (unpaired) electrons. The lowest BCUT2D eigenvalue weighted by Gasteiger charge is -2.39. The van der Waals surface area contributed by atoms with E-state index in [0.717, 1.165) is 12.3 Å². The third-order valence-electron chi connectivity index (χ3n) is 4.18. The van der Waals surface area contributed by atoms with Gasteiger partial charge in [0.05, 0.1) is 5.60 Å². The van der Waals surface area contributed by atoms with Gasteiger partial charge in [0.25, 0.3) is 0 Å². The molecule has 3 rings (SSSR count). The Morgan fingerprint density at radius 3 is 2.42 bits per heavy atom. The van der Waals surface area contributed by atoms with Gasteiger partial charge in [0.1, 0.15) is 5.69 Å². The molecule has 0 spiro atoms. The smallest absolute Gasteiger partial charge is 0.385 e. The van der Waals surface area contributed by atoms with Gasteiger partial charge in [-0.25, -0.2) is 9.97 Å². The van der Waals surface area contributed by atoms with Crippen LogP contribution in [-0.4, -0.2) is 28.2 Å². The highest BCUT2D eigenvalue weighted by molar-refractivity contribution is 6.31. The van der Waals surface area contributed by atoms with Gasteiger partial charge in [0.2, 0.25) is 5.95 Å². The molecule has 8 heteroatoms. The van der Waals surface area contributed by atoms with E-state index in [1.807, 2.05) is 0 Å². The molecular weight excluding hydrogens is 343 g/mol. The molecule has 1 aromatic heterocycles. The topological polar surface area (TPSA) is 49.2 Å². The summed E-state index contributed by atoms with van der Waals surface area (Å²) in [5.41, 5.74) is -1.44. The molecule has 1 N–H and O–H groups in total. The van der Waals surface area contributed by atoms with Gasteiger partial charge < -0.3 is 10.0 Å². The number of hydrogen-bond acceptors (Lipinski definition) is 4. The first-order chi connectivity index (χ1) is 11.3. The van der Waals surface area contributed by atoms with Crippen LogP contribution in [0.5, 0.6) is 0 Å². The molecule has 1 aliphatic rings. The summed E-state index contributed by atoms with van der Waals surface area (Å²) in [6, 6.07) is 7.88. The first kappa shape index (κ1) is 17.0. The molecule has 2 aromatic rings. The Bertz CT molecular complexity index is 731. The Kier molecular flexibility index (Phi) is 4.40. The Labute approximate surface area is 141 Å². The van der Waals surface area contributed by atoms with E-state index in [2.05, 4.69) is 9.97 Å². The number of nitrogens with zero attached hydrogens (tertiary/aromatic N) is 3. The van der Waals surface area contributed by atoms with E-state index in [9.17, 15) is 18.3 Å². The van der Waals surface area contributed by atoms with Gasteiger partial charge in [-0.3, -0.25) is 0 Å². The highest BCUT2D eigenvalue weighted by Crippen LogP contribution is 2.37. The van der Waals surface area contributed by atoms with Gasteiger partial charge >= 0.3 is 6.18 Å². The largest absolute Gasteiger partial charge is 0.433 e. The van der Waals surface area contributed by atoms with Gasteiger partial charge in [0.15, 0.2) is 0 Å². The van der Waals surface area contributed by atoms with Crippen molar-refractivity contribution in [2.24, 2.45) is 0 Å². The van der Waals surface area contributed by atoms with Crippen LogP contribution in [0.3, 0.4) is 0 Å². The van der Waals surface area contributed by atoms with E-state index in [1.54, 1.807) is 29.2 Å². The van der Waals surface area contributed by atoms with Crippen molar-refractivity contribution < 1.29 is 18.3 Å². The zero-order valence-corrected chi connectivity index (χ0v) is 13.3. The summed E-state index contributed by atoms with van der Waals surface area (Å²) in [6.07, 6.45) is -2.75. The predicted molar refractivity (Wildman–Crippen MR) is 83.8 cm³/mol. The monoisotopic (exact) mass is 357 g/mol. The number of anilines is 1. The summed E-state index contributed by atoms with van der Waals surface area (Å²) in [6.45, 7) is 0.673. The number of rotatable bonds is 2. The quantitative estimate of drug-likeness (QED) is 0.891. The van der Waals surface area contributed by atoms with Crippen LogP contribution in [0.1, 0.15) is 24.1 Å². The molecule has 1 aliphatic heterocycles. The average molecular weight is 358 g/mol. The summed E-state index contributed by atoms with van der Waals surface area (Å²) in [4.78, 5) is 9.15. The molecule has 1 aromatic carbocycles. The van der Waals surface area contributed by atoms with Crippen molar-refractivity contribution in [3.8, 4) is 0 Å². The van der Waals surface area contributed by atoms with E-state index >= 15 is 0 Å². The Morgan fingerprint density at radius 1 is 1.12 bits per heavy atom. The minimum Gasteiger partial charge on any atom is -0.385 e. The fourth-order valence-corrected chi connectivity index (χ4v) is 3.15. The predicted octanol–water partition coefficient (Wildman–Crippen LogP) is 3.64. The maximum Gasteiger partial charge on any atom is 0.433 e. The molecule has 4 nitrogen and oxygen atoms in total. The molecule has 0 amide bonds. The van der Waals surface area contributed by atoms with Crippen LogP contribution in [0.25, 0.3) is 0 Å². The van der Waals surface area contributed by atoms with Crippen LogP contribution in [0, 0.1) is 0 Å². The minimum absolute atomic E-state index is 0.0195. The van der Waals surface area contributed by atoms with E-state index in [4.69, 9.17) is 11.6 Å².